The smallest absolute Gasteiger partial charge is 0.222 e. The van der Waals surface area contributed by atoms with Crippen LogP contribution in [0.25, 0.3) is 0 Å². The molecule has 0 rings (SSSR count). The lowest BCUT2D eigenvalue weighted by Gasteiger charge is -2.19. The molecule has 0 spiro atoms. The highest BCUT2D eigenvalue weighted by molar-refractivity contribution is 5.78. The van der Waals surface area contributed by atoms with Crippen LogP contribution in [0.1, 0.15) is 33.1 Å². The van der Waals surface area contributed by atoms with Crippen molar-refractivity contribution in [3.8, 4) is 0 Å². The van der Waals surface area contributed by atoms with Crippen molar-refractivity contribution >= 4 is 11.8 Å². The summed E-state index contributed by atoms with van der Waals surface area (Å²) in [5, 5.41) is 0. The molecule has 0 radical (unpaired) electrons. The Morgan fingerprint density at radius 2 is 1.85 bits per heavy atom. The van der Waals surface area contributed by atoms with Gasteiger partial charge in [-0.05, 0) is 13.3 Å². The highest BCUT2D eigenvalue weighted by atomic mass is 16.2. The van der Waals surface area contributed by atoms with Gasteiger partial charge in [0.05, 0.1) is 0 Å². The van der Waals surface area contributed by atoms with E-state index in [1.807, 2.05) is 13.8 Å². The van der Waals surface area contributed by atoms with Crippen molar-refractivity contribution in [3.05, 3.63) is 0 Å². The SMILES string of the molecule is CCCC(=O)N(CC)CCC(N)=O. The Labute approximate surface area is 79.1 Å². The molecule has 0 saturated carbocycles. The molecular formula is C9H18N2O2. The van der Waals surface area contributed by atoms with Gasteiger partial charge >= 0.3 is 0 Å². The summed E-state index contributed by atoms with van der Waals surface area (Å²) >= 11 is 0. The number of nitrogens with zero attached hydrogens (tertiary/aromatic N) is 1. The minimum absolute atomic E-state index is 0.103. The number of nitrogens with two attached hydrogens (primary N) is 1. The van der Waals surface area contributed by atoms with Crippen LogP contribution in [0.2, 0.25) is 0 Å². The van der Waals surface area contributed by atoms with E-state index < -0.39 is 0 Å². The Bertz CT molecular complexity index is 180. The first-order valence-corrected chi connectivity index (χ1v) is 4.67. The second kappa shape index (κ2) is 6.46. The van der Waals surface area contributed by atoms with E-state index in [9.17, 15) is 9.59 Å². The van der Waals surface area contributed by atoms with E-state index in [-0.39, 0.29) is 18.2 Å². The molecule has 0 unspecified atom stereocenters. The zero-order valence-electron chi connectivity index (χ0n) is 8.38. The van der Waals surface area contributed by atoms with Gasteiger partial charge in [-0.25, -0.2) is 0 Å². The molecule has 0 aliphatic rings. The van der Waals surface area contributed by atoms with Crippen molar-refractivity contribution in [2.24, 2.45) is 5.73 Å². The minimum atomic E-state index is -0.359. The molecule has 0 fully saturated rings. The molecule has 76 valence electrons. The lowest BCUT2D eigenvalue weighted by Crippen LogP contribution is -2.33. The Hall–Kier alpha value is -1.06. The van der Waals surface area contributed by atoms with Crippen LogP contribution in [0.15, 0.2) is 0 Å². The molecule has 2 amide bonds. The molecule has 0 aromatic carbocycles. The third-order valence-corrected chi connectivity index (χ3v) is 1.83. The predicted molar refractivity (Wildman–Crippen MR) is 51.0 cm³/mol. The Kier molecular flexibility index (Phi) is 5.93. The van der Waals surface area contributed by atoms with E-state index in [1.165, 1.54) is 0 Å². The number of amides is 2. The van der Waals surface area contributed by atoms with Gasteiger partial charge in [0.25, 0.3) is 0 Å². The summed E-state index contributed by atoms with van der Waals surface area (Å²) in [6.45, 7) is 4.95. The normalized spacial score (nSPS) is 9.69. The van der Waals surface area contributed by atoms with Gasteiger partial charge in [-0.2, -0.15) is 0 Å². The van der Waals surface area contributed by atoms with Gasteiger partial charge in [0.1, 0.15) is 0 Å². The largest absolute Gasteiger partial charge is 0.370 e. The molecule has 4 heteroatoms. The average molecular weight is 186 g/mol. The molecule has 13 heavy (non-hydrogen) atoms. The second-order valence-electron chi connectivity index (χ2n) is 2.94. The van der Waals surface area contributed by atoms with Crippen LogP contribution in [-0.4, -0.2) is 29.8 Å². The topological polar surface area (TPSA) is 63.4 Å². The van der Waals surface area contributed by atoms with Gasteiger partial charge in [-0.15, -0.1) is 0 Å². The summed E-state index contributed by atoms with van der Waals surface area (Å²) in [7, 11) is 0. The molecule has 0 aromatic rings. The highest BCUT2D eigenvalue weighted by Gasteiger charge is 2.10. The summed E-state index contributed by atoms with van der Waals surface area (Å²) < 4.78 is 0. The fraction of sp³-hybridized carbons (Fsp3) is 0.778. The van der Waals surface area contributed by atoms with Crippen molar-refractivity contribution in [1.29, 1.82) is 0 Å². The van der Waals surface area contributed by atoms with Crippen molar-refractivity contribution < 1.29 is 9.59 Å². The summed E-state index contributed by atoms with van der Waals surface area (Å²) in [5.74, 6) is -0.256. The molecule has 0 heterocycles. The Morgan fingerprint density at radius 3 is 2.23 bits per heavy atom. The van der Waals surface area contributed by atoms with Gasteiger partial charge in [0.15, 0.2) is 0 Å². The van der Waals surface area contributed by atoms with E-state index in [0.29, 0.717) is 19.5 Å². The molecule has 2 N–H and O–H groups in total. The van der Waals surface area contributed by atoms with Crippen molar-refractivity contribution in [2.75, 3.05) is 13.1 Å². The highest BCUT2D eigenvalue weighted by Crippen LogP contribution is 1.98. The number of hydrogen-bond donors (Lipinski definition) is 1. The number of rotatable bonds is 6. The zero-order chi connectivity index (χ0) is 10.3. The van der Waals surface area contributed by atoms with Crippen LogP contribution in [0.5, 0.6) is 0 Å². The Balaban J connectivity index is 3.87. The standard InChI is InChI=1S/C9H18N2O2/c1-3-5-9(13)11(4-2)7-6-8(10)12/h3-7H2,1-2H3,(H2,10,12). The minimum Gasteiger partial charge on any atom is -0.370 e. The molecule has 0 aliphatic heterocycles. The molecule has 0 aliphatic carbocycles. The first kappa shape index (κ1) is 11.9. The van der Waals surface area contributed by atoms with E-state index >= 15 is 0 Å². The quantitative estimate of drug-likeness (QED) is 0.657. The van der Waals surface area contributed by atoms with Gasteiger partial charge in [0.2, 0.25) is 11.8 Å². The summed E-state index contributed by atoms with van der Waals surface area (Å²) in [5.41, 5.74) is 4.99. The van der Waals surface area contributed by atoms with Crippen LogP contribution in [-0.2, 0) is 9.59 Å². The lowest BCUT2D eigenvalue weighted by molar-refractivity contribution is -0.131. The third-order valence-electron chi connectivity index (χ3n) is 1.83. The molecule has 0 saturated heterocycles. The van der Waals surface area contributed by atoms with Crippen LogP contribution in [0, 0.1) is 0 Å². The lowest BCUT2D eigenvalue weighted by atomic mass is 10.3. The fourth-order valence-corrected chi connectivity index (χ4v) is 1.08. The van der Waals surface area contributed by atoms with Gasteiger partial charge in [-0.1, -0.05) is 6.92 Å². The number of hydrogen-bond acceptors (Lipinski definition) is 2. The molecular weight excluding hydrogens is 168 g/mol. The maximum Gasteiger partial charge on any atom is 0.222 e. The van der Waals surface area contributed by atoms with Crippen LogP contribution >= 0.6 is 0 Å². The van der Waals surface area contributed by atoms with Crippen LogP contribution < -0.4 is 5.73 Å². The fourth-order valence-electron chi connectivity index (χ4n) is 1.08. The zero-order valence-corrected chi connectivity index (χ0v) is 8.38. The Morgan fingerprint density at radius 1 is 1.23 bits per heavy atom. The molecule has 4 nitrogen and oxygen atoms in total. The van der Waals surface area contributed by atoms with E-state index in [1.54, 1.807) is 4.90 Å². The monoisotopic (exact) mass is 186 g/mol. The average Bonchev–Trinajstić information content (AvgIpc) is 2.05. The second-order valence-corrected chi connectivity index (χ2v) is 2.94. The van der Waals surface area contributed by atoms with Crippen molar-refractivity contribution in [1.82, 2.24) is 4.90 Å². The van der Waals surface area contributed by atoms with Crippen molar-refractivity contribution in [3.63, 3.8) is 0 Å². The van der Waals surface area contributed by atoms with Crippen LogP contribution in [0.4, 0.5) is 0 Å². The molecule has 0 bridgehead atoms. The van der Waals surface area contributed by atoms with Gasteiger partial charge < -0.3 is 10.6 Å². The van der Waals surface area contributed by atoms with E-state index in [4.69, 9.17) is 5.73 Å². The van der Waals surface area contributed by atoms with Crippen LogP contribution in [0.3, 0.4) is 0 Å². The van der Waals surface area contributed by atoms with E-state index in [0.717, 1.165) is 6.42 Å². The van der Waals surface area contributed by atoms with Gasteiger partial charge in [-0.3, -0.25) is 9.59 Å². The summed E-state index contributed by atoms with van der Waals surface area (Å²) in [6.07, 6.45) is 1.64. The van der Waals surface area contributed by atoms with E-state index in [2.05, 4.69) is 0 Å². The van der Waals surface area contributed by atoms with Crippen molar-refractivity contribution in [2.45, 2.75) is 33.1 Å². The number of carbonyl (C=O) groups excluding carboxylic acids is 2. The molecule has 0 atom stereocenters. The van der Waals surface area contributed by atoms with Gasteiger partial charge in [0, 0.05) is 25.9 Å². The maximum absolute atomic E-state index is 11.4. The number of carbonyl (C=O) groups is 2. The summed E-state index contributed by atoms with van der Waals surface area (Å²) in [6, 6.07) is 0. The maximum atomic E-state index is 11.4. The third kappa shape index (κ3) is 5.22. The number of primary amides is 1. The first-order valence-electron chi connectivity index (χ1n) is 4.67. The molecule has 0 aromatic heterocycles. The summed E-state index contributed by atoms with van der Waals surface area (Å²) in [4.78, 5) is 23.5. The first-order chi connectivity index (χ1) is 6.11. The predicted octanol–water partition coefficient (Wildman–Crippen LogP) is 0.510.